The molecule has 2 rings (SSSR count). The Labute approximate surface area is 98.2 Å². The molecular weight excluding hydrogens is 231 g/mol. The lowest BCUT2D eigenvalue weighted by Gasteiger charge is -2.27. The standard InChI is InChI=1S/C11H12ClFN2O/c12-8-1-2-10(13)9(7-8)11(16)15-5-3-14-4-6-15/h1-2,7,14H,3-6H2. The monoisotopic (exact) mass is 242 g/mol. The van der Waals surface area contributed by atoms with Crippen molar-refractivity contribution in [3.05, 3.63) is 34.6 Å². The molecule has 5 heteroatoms. The van der Waals surface area contributed by atoms with Gasteiger partial charge in [-0.2, -0.15) is 0 Å². The van der Waals surface area contributed by atoms with Gasteiger partial charge in [0, 0.05) is 31.2 Å². The third kappa shape index (κ3) is 2.33. The molecule has 1 N–H and O–H groups in total. The van der Waals surface area contributed by atoms with E-state index < -0.39 is 5.82 Å². The number of nitrogens with zero attached hydrogens (tertiary/aromatic N) is 1. The number of rotatable bonds is 1. The van der Waals surface area contributed by atoms with Gasteiger partial charge in [0.1, 0.15) is 5.82 Å². The number of hydrogen-bond donors (Lipinski definition) is 1. The SMILES string of the molecule is O=C(c1cc(Cl)ccc1F)N1CCNCC1. The molecule has 3 nitrogen and oxygen atoms in total. The minimum atomic E-state index is -0.520. The summed E-state index contributed by atoms with van der Waals surface area (Å²) in [6.07, 6.45) is 0. The molecule has 1 aliphatic rings. The Bertz CT molecular complexity index is 405. The van der Waals surface area contributed by atoms with Crippen molar-refractivity contribution in [2.75, 3.05) is 26.2 Å². The van der Waals surface area contributed by atoms with Crippen molar-refractivity contribution < 1.29 is 9.18 Å². The molecule has 1 aromatic carbocycles. The first-order chi connectivity index (χ1) is 7.68. The van der Waals surface area contributed by atoms with E-state index in [1.54, 1.807) is 4.90 Å². The van der Waals surface area contributed by atoms with Gasteiger partial charge in [-0.3, -0.25) is 4.79 Å². The van der Waals surface area contributed by atoms with Crippen LogP contribution in [0.2, 0.25) is 5.02 Å². The van der Waals surface area contributed by atoms with Crippen LogP contribution in [0, 0.1) is 5.82 Å². The highest BCUT2D eigenvalue weighted by Gasteiger charge is 2.20. The summed E-state index contributed by atoms with van der Waals surface area (Å²) in [6, 6.07) is 4.03. The van der Waals surface area contributed by atoms with E-state index in [0.29, 0.717) is 18.1 Å². The molecule has 1 aliphatic heterocycles. The number of hydrogen-bond acceptors (Lipinski definition) is 2. The van der Waals surface area contributed by atoms with Gasteiger partial charge < -0.3 is 10.2 Å². The van der Waals surface area contributed by atoms with E-state index in [9.17, 15) is 9.18 Å². The molecule has 1 aromatic rings. The van der Waals surface area contributed by atoms with Gasteiger partial charge in [0.15, 0.2) is 0 Å². The average molecular weight is 243 g/mol. The Morgan fingerprint density at radius 1 is 1.38 bits per heavy atom. The molecule has 0 saturated carbocycles. The Morgan fingerprint density at radius 2 is 2.06 bits per heavy atom. The van der Waals surface area contributed by atoms with E-state index in [0.717, 1.165) is 13.1 Å². The highest BCUT2D eigenvalue weighted by Crippen LogP contribution is 2.16. The number of halogens is 2. The minimum Gasteiger partial charge on any atom is -0.336 e. The molecule has 0 bridgehead atoms. The van der Waals surface area contributed by atoms with E-state index in [1.165, 1.54) is 18.2 Å². The van der Waals surface area contributed by atoms with Crippen LogP contribution < -0.4 is 5.32 Å². The van der Waals surface area contributed by atoms with E-state index in [4.69, 9.17) is 11.6 Å². The van der Waals surface area contributed by atoms with Crippen LogP contribution in [-0.2, 0) is 0 Å². The second-order valence-electron chi connectivity index (χ2n) is 3.67. The van der Waals surface area contributed by atoms with Crippen LogP contribution in [0.3, 0.4) is 0 Å². The highest BCUT2D eigenvalue weighted by atomic mass is 35.5. The van der Waals surface area contributed by atoms with Gasteiger partial charge in [-0.15, -0.1) is 0 Å². The van der Waals surface area contributed by atoms with Crippen molar-refractivity contribution in [3.8, 4) is 0 Å². The van der Waals surface area contributed by atoms with Crippen molar-refractivity contribution in [1.82, 2.24) is 10.2 Å². The van der Waals surface area contributed by atoms with Crippen LogP contribution in [-0.4, -0.2) is 37.0 Å². The van der Waals surface area contributed by atoms with Crippen LogP contribution in [0.1, 0.15) is 10.4 Å². The van der Waals surface area contributed by atoms with Crippen molar-refractivity contribution in [1.29, 1.82) is 0 Å². The first kappa shape index (κ1) is 11.4. The van der Waals surface area contributed by atoms with Crippen molar-refractivity contribution in [2.45, 2.75) is 0 Å². The molecule has 0 unspecified atom stereocenters. The lowest BCUT2D eigenvalue weighted by molar-refractivity contribution is 0.0731. The number of nitrogens with one attached hydrogen (secondary N) is 1. The predicted octanol–water partition coefficient (Wildman–Crippen LogP) is 1.52. The second-order valence-corrected chi connectivity index (χ2v) is 4.10. The zero-order valence-electron chi connectivity index (χ0n) is 8.67. The first-order valence-electron chi connectivity index (χ1n) is 5.13. The smallest absolute Gasteiger partial charge is 0.256 e. The fraction of sp³-hybridized carbons (Fsp3) is 0.364. The zero-order valence-corrected chi connectivity index (χ0v) is 9.43. The molecular formula is C11H12ClFN2O. The third-order valence-electron chi connectivity index (χ3n) is 2.56. The Morgan fingerprint density at radius 3 is 2.75 bits per heavy atom. The maximum atomic E-state index is 13.5. The average Bonchev–Trinajstić information content (AvgIpc) is 2.32. The molecule has 0 spiro atoms. The van der Waals surface area contributed by atoms with Gasteiger partial charge in [-0.1, -0.05) is 11.6 Å². The lowest BCUT2D eigenvalue weighted by atomic mass is 10.1. The fourth-order valence-electron chi connectivity index (χ4n) is 1.70. The second kappa shape index (κ2) is 4.80. The summed E-state index contributed by atoms with van der Waals surface area (Å²) in [6.45, 7) is 2.69. The summed E-state index contributed by atoms with van der Waals surface area (Å²) >= 11 is 5.75. The normalized spacial score (nSPS) is 16.2. The summed E-state index contributed by atoms with van der Waals surface area (Å²) < 4.78 is 13.5. The Hall–Kier alpha value is -1.13. The molecule has 1 fully saturated rings. The molecule has 1 heterocycles. The summed E-state index contributed by atoms with van der Waals surface area (Å²) in [5.41, 5.74) is 0.0504. The fourth-order valence-corrected chi connectivity index (χ4v) is 1.87. The Kier molecular flexibility index (Phi) is 3.41. The number of carbonyl (C=O) groups excluding carboxylic acids is 1. The predicted molar refractivity (Wildman–Crippen MR) is 60.2 cm³/mol. The third-order valence-corrected chi connectivity index (χ3v) is 2.80. The van der Waals surface area contributed by atoms with Crippen molar-refractivity contribution >= 4 is 17.5 Å². The molecule has 0 atom stereocenters. The molecule has 86 valence electrons. The van der Waals surface area contributed by atoms with Crippen molar-refractivity contribution in [3.63, 3.8) is 0 Å². The van der Waals surface area contributed by atoms with Gasteiger partial charge >= 0.3 is 0 Å². The minimum absolute atomic E-state index is 0.0504. The van der Waals surface area contributed by atoms with Crippen molar-refractivity contribution in [2.24, 2.45) is 0 Å². The maximum absolute atomic E-state index is 13.5. The molecule has 1 saturated heterocycles. The lowest BCUT2D eigenvalue weighted by Crippen LogP contribution is -2.46. The van der Waals surface area contributed by atoms with E-state index in [-0.39, 0.29) is 11.5 Å². The summed E-state index contributed by atoms with van der Waals surface area (Å²) in [7, 11) is 0. The highest BCUT2D eigenvalue weighted by molar-refractivity contribution is 6.30. The van der Waals surface area contributed by atoms with Gasteiger partial charge in [0.05, 0.1) is 5.56 Å². The number of carbonyl (C=O) groups is 1. The van der Waals surface area contributed by atoms with Crippen LogP contribution in [0.4, 0.5) is 4.39 Å². The van der Waals surface area contributed by atoms with E-state index in [1.807, 2.05) is 0 Å². The van der Waals surface area contributed by atoms with Crippen LogP contribution in [0.15, 0.2) is 18.2 Å². The summed E-state index contributed by atoms with van der Waals surface area (Å²) in [5, 5.41) is 3.51. The van der Waals surface area contributed by atoms with E-state index in [2.05, 4.69) is 5.32 Å². The molecule has 0 radical (unpaired) electrons. The number of amides is 1. The van der Waals surface area contributed by atoms with Gasteiger partial charge in [0.2, 0.25) is 0 Å². The van der Waals surface area contributed by atoms with Crippen LogP contribution >= 0.6 is 11.6 Å². The first-order valence-corrected chi connectivity index (χ1v) is 5.51. The topological polar surface area (TPSA) is 32.3 Å². The summed E-state index contributed by atoms with van der Waals surface area (Å²) in [4.78, 5) is 13.6. The van der Waals surface area contributed by atoms with Gasteiger partial charge in [-0.25, -0.2) is 4.39 Å². The molecule has 16 heavy (non-hydrogen) atoms. The molecule has 1 amide bonds. The van der Waals surface area contributed by atoms with Gasteiger partial charge in [-0.05, 0) is 18.2 Å². The van der Waals surface area contributed by atoms with Gasteiger partial charge in [0.25, 0.3) is 5.91 Å². The van der Waals surface area contributed by atoms with Crippen LogP contribution in [0.5, 0.6) is 0 Å². The zero-order chi connectivity index (χ0) is 11.5. The number of benzene rings is 1. The van der Waals surface area contributed by atoms with Crippen LogP contribution in [0.25, 0.3) is 0 Å². The largest absolute Gasteiger partial charge is 0.336 e. The number of piperazine rings is 1. The molecule has 0 aliphatic carbocycles. The van der Waals surface area contributed by atoms with E-state index >= 15 is 0 Å². The Balaban J connectivity index is 2.22. The quantitative estimate of drug-likeness (QED) is 0.810. The molecule has 0 aromatic heterocycles. The maximum Gasteiger partial charge on any atom is 0.256 e. The summed E-state index contributed by atoms with van der Waals surface area (Å²) in [5.74, 6) is -0.811.